The van der Waals surface area contributed by atoms with Crippen LogP contribution in [-0.2, 0) is 19.1 Å². The molecule has 0 spiro atoms. The Morgan fingerprint density at radius 3 is 1.55 bits per heavy atom. The third-order valence-electron chi connectivity index (χ3n) is 11.1. The summed E-state index contributed by atoms with van der Waals surface area (Å²) in [5.41, 5.74) is 0.968. The van der Waals surface area contributed by atoms with Gasteiger partial charge in [-0.15, -0.1) is 0 Å². The van der Waals surface area contributed by atoms with Crippen LogP contribution in [0.25, 0.3) is 6.08 Å². The van der Waals surface area contributed by atoms with Crippen molar-refractivity contribution in [1.29, 1.82) is 0 Å². The van der Waals surface area contributed by atoms with Crippen LogP contribution in [0.2, 0.25) is 0 Å². The molecular formula is C33H42O5. The van der Waals surface area contributed by atoms with E-state index in [1.165, 1.54) is 12.8 Å². The van der Waals surface area contributed by atoms with Crippen molar-refractivity contribution in [1.82, 2.24) is 0 Å². The average Bonchev–Trinajstić information content (AvgIpc) is 2.90. The van der Waals surface area contributed by atoms with Crippen molar-refractivity contribution in [2.45, 2.75) is 88.9 Å². The summed E-state index contributed by atoms with van der Waals surface area (Å²) in [4.78, 5) is 27.4. The van der Waals surface area contributed by atoms with Gasteiger partial charge in [0.15, 0.2) is 5.92 Å². The largest absolute Gasteiger partial charge is 0.461 e. The molecule has 8 fully saturated rings. The number of aliphatic hydroxyl groups excluding tert-OH is 1. The van der Waals surface area contributed by atoms with Gasteiger partial charge in [0, 0.05) is 6.42 Å². The van der Waals surface area contributed by atoms with E-state index in [-0.39, 0.29) is 18.6 Å². The van der Waals surface area contributed by atoms with Crippen LogP contribution in [0.15, 0.2) is 36.4 Å². The lowest BCUT2D eigenvalue weighted by atomic mass is 9.55. The Kier molecular flexibility index (Phi) is 6.62. The Morgan fingerprint density at radius 2 is 1.13 bits per heavy atom. The summed E-state index contributed by atoms with van der Waals surface area (Å²) in [6, 6.07) is 9.76. The fourth-order valence-corrected chi connectivity index (χ4v) is 9.96. The summed E-state index contributed by atoms with van der Waals surface area (Å²) in [5.74, 6) is 2.82. The lowest BCUT2D eigenvalue weighted by molar-refractivity contribution is -0.190. The van der Waals surface area contributed by atoms with Crippen molar-refractivity contribution in [3.63, 3.8) is 0 Å². The molecule has 0 heterocycles. The van der Waals surface area contributed by atoms with Gasteiger partial charge < -0.3 is 14.6 Å². The van der Waals surface area contributed by atoms with E-state index in [0.29, 0.717) is 23.7 Å². The molecule has 0 radical (unpaired) electrons. The van der Waals surface area contributed by atoms with Crippen LogP contribution in [0.3, 0.4) is 0 Å². The molecule has 9 rings (SSSR count). The van der Waals surface area contributed by atoms with Crippen LogP contribution in [0.5, 0.6) is 0 Å². The number of ether oxygens (including phenoxy) is 2. The van der Waals surface area contributed by atoms with Crippen LogP contribution in [0.1, 0.15) is 76.2 Å². The van der Waals surface area contributed by atoms with Gasteiger partial charge in [-0.25, -0.2) is 0 Å². The second-order valence-corrected chi connectivity index (χ2v) is 13.8. The van der Waals surface area contributed by atoms with Gasteiger partial charge in [0.25, 0.3) is 0 Å². The van der Waals surface area contributed by atoms with Crippen molar-refractivity contribution >= 4 is 18.0 Å². The van der Waals surface area contributed by atoms with Crippen molar-refractivity contribution in [3.05, 3.63) is 42.0 Å². The maximum absolute atomic E-state index is 13.7. The summed E-state index contributed by atoms with van der Waals surface area (Å²) in [7, 11) is 0. The van der Waals surface area contributed by atoms with Crippen molar-refractivity contribution in [2.24, 2.45) is 53.3 Å². The number of hydrogen-bond donors (Lipinski definition) is 1. The van der Waals surface area contributed by atoms with Crippen LogP contribution >= 0.6 is 0 Å². The first kappa shape index (κ1) is 24.9. The van der Waals surface area contributed by atoms with Gasteiger partial charge in [-0.3, -0.25) is 9.59 Å². The number of carbonyl (C=O) groups excluding carboxylic acids is 2. The van der Waals surface area contributed by atoms with E-state index in [2.05, 4.69) is 0 Å². The average molecular weight is 519 g/mol. The van der Waals surface area contributed by atoms with Gasteiger partial charge in [0.1, 0.15) is 12.2 Å². The van der Waals surface area contributed by atoms with Crippen LogP contribution in [0.4, 0.5) is 0 Å². The third-order valence-corrected chi connectivity index (χ3v) is 11.1. The van der Waals surface area contributed by atoms with E-state index in [1.54, 1.807) is 6.08 Å². The number of aliphatic hydroxyl groups is 1. The highest BCUT2D eigenvalue weighted by atomic mass is 16.6. The van der Waals surface area contributed by atoms with E-state index in [0.717, 1.165) is 80.6 Å². The van der Waals surface area contributed by atoms with E-state index in [1.807, 2.05) is 36.4 Å². The molecule has 0 unspecified atom stereocenters. The monoisotopic (exact) mass is 518 g/mol. The number of esters is 2. The molecule has 1 N–H and O–H groups in total. The summed E-state index contributed by atoms with van der Waals surface area (Å²) in [6.45, 7) is 0. The first-order chi connectivity index (χ1) is 18.5. The second-order valence-electron chi connectivity index (χ2n) is 13.8. The molecule has 8 saturated carbocycles. The summed E-state index contributed by atoms with van der Waals surface area (Å²) in [6.07, 6.45) is 14.3. The molecule has 8 aliphatic rings. The maximum Gasteiger partial charge on any atom is 0.320 e. The maximum atomic E-state index is 13.7. The molecule has 5 nitrogen and oxygen atoms in total. The van der Waals surface area contributed by atoms with Crippen molar-refractivity contribution in [3.8, 4) is 0 Å². The zero-order valence-electron chi connectivity index (χ0n) is 22.3. The molecule has 0 aliphatic heterocycles. The Labute approximate surface area is 226 Å². The SMILES string of the molecule is O=C(OC1C2CC3CC(C2)CC1C3)C(C[C@H](O)/C=C/c1ccccc1)C(=O)OC1C2CC3CC(C2)CC1C3. The van der Waals surface area contributed by atoms with Gasteiger partial charge in [-0.05, 0) is 117 Å². The molecule has 1 atom stereocenters. The van der Waals surface area contributed by atoms with Crippen LogP contribution < -0.4 is 0 Å². The molecule has 8 bridgehead atoms. The number of hydrogen-bond acceptors (Lipinski definition) is 5. The van der Waals surface area contributed by atoms with Crippen molar-refractivity contribution < 1.29 is 24.2 Å². The first-order valence-electron chi connectivity index (χ1n) is 15.3. The van der Waals surface area contributed by atoms with Gasteiger partial charge in [-0.1, -0.05) is 42.5 Å². The highest BCUT2D eigenvalue weighted by Crippen LogP contribution is 2.56. The molecule has 204 valence electrons. The van der Waals surface area contributed by atoms with E-state index in [9.17, 15) is 14.7 Å². The summed E-state index contributed by atoms with van der Waals surface area (Å²) >= 11 is 0. The van der Waals surface area contributed by atoms with Crippen LogP contribution in [0, 0.1) is 53.3 Å². The minimum Gasteiger partial charge on any atom is -0.461 e. The number of benzene rings is 1. The first-order valence-corrected chi connectivity index (χ1v) is 15.3. The normalized spacial score (nSPS) is 41.8. The molecule has 38 heavy (non-hydrogen) atoms. The molecule has 8 aliphatic carbocycles. The van der Waals surface area contributed by atoms with E-state index >= 15 is 0 Å². The molecule has 1 aromatic carbocycles. The standard InChI is InChI=1S/C33H42O5/c34-28(7-6-19-4-2-1-3-5-19)18-29(32(35)37-30-24-10-20-8-21(12-24)13-25(30)11-20)33(36)38-31-26-14-22-9-23(16-26)17-27(31)15-22/h1-7,20-31,34H,8-18H2/b7-6+/t20?,21?,22?,23?,24?,25?,26?,27?,28-,29?,30?,31?/m1/s1. The molecule has 5 heteroatoms. The van der Waals surface area contributed by atoms with Crippen LogP contribution in [-0.4, -0.2) is 35.4 Å². The lowest BCUT2D eigenvalue weighted by Gasteiger charge is -2.54. The summed E-state index contributed by atoms with van der Waals surface area (Å²) in [5, 5.41) is 10.9. The topological polar surface area (TPSA) is 72.8 Å². The highest BCUT2D eigenvalue weighted by molar-refractivity contribution is 5.95. The molecular weight excluding hydrogens is 476 g/mol. The minimum absolute atomic E-state index is 0.00159. The Hall–Kier alpha value is -2.14. The summed E-state index contributed by atoms with van der Waals surface area (Å²) < 4.78 is 12.4. The van der Waals surface area contributed by atoms with Gasteiger partial charge in [0.05, 0.1) is 6.10 Å². The Bertz CT molecular complexity index is 950. The zero-order chi connectivity index (χ0) is 25.8. The Morgan fingerprint density at radius 1 is 0.711 bits per heavy atom. The molecule has 0 saturated heterocycles. The lowest BCUT2D eigenvalue weighted by Crippen LogP contribution is -2.52. The third kappa shape index (κ3) is 4.85. The molecule has 1 aromatic rings. The zero-order valence-corrected chi connectivity index (χ0v) is 22.3. The van der Waals surface area contributed by atoms with Gasteiger partial charge in [0.2, 0.25) is 0 Å². The van der Waals surface area contributed by atoms with E-state index in [4.69, 9.17) is 9.47 Å². The van der Waals surface area contributed by atoms with E-state index < -0.39 is 24.0 Å². The second kappa shape index (κ2) is 10.1. The van der Waals surface area contributed by atoms with Gasteiger partial charge in [-0.2, -0.15) is 0 Å². The predicted molar refractivity (Wildman–Crippen MR) is 143 cm³/mol. The number of carbonyl (C=O) groups is 2. The fraction of sp³-hybridized carbons (Fsp3) is 0.697. The predicted octanol–water partition coefficient (Wildman–Crippen LogP) is 5.80. The van der Waals surface area contributed by atoms with Crippen molar-refractivity contribution in [2.75, 3.05) is 0 Å². The smallest absolute Gasteiger partial charge is 0.320 e. The number of rotatable bonds is 8. The fourth-order valence-electron chi connectivity index (χ4n) is 9.96. The Balaban J connectivity index is 1.06. The minimum atomic E-state index is -1.08. The highest BCUT2D eigenvalue weighted by Gasteiger charge is 2.52. The quantitative estimate of drug-likeness (QED) is 0.348. The molecule has 0 amide bonds. The molecule has 0 aromatic heterocycles. The van der Waals surface area contributed by atoms with Gasteiger partial charge >= 0.3 is 11.9 Å².